The third kappa shape index (κ3) is 4.94. The van der Waals surface area contributed by atoms with E-state index in [2.05, 4.69) is 5.32 Å². The van der Waals surface area contributed by atoms with E-state index >= 15 is 0 Å². The van der Waals surface area contributed by atoms with Crippen LogP contribution in [0, 0.1) is 0 Å². The minimum atomic E-state index is -3.20. The number of piperazine rings is 1. The van der Waals surface area contributed by atoms with Crippen LogP contribution >= 0.6 is 0 Å². The molecule has 1 aliphatic rings. The summed E-state index contributed by atoms with van der Waals surface area (Å²) in [6.45, 7) is 7.27. The second kappa shape index (κ2) is 6.49. The Morgan fingerprint density at radius 3 is 2.39 bits per heavy atom. The third-order valence-corrected chi connectivity index (χ3v) is 4.67. The number of hydrogen-bond donors (Lipinski definition) is 1. The molecule has 1 unspecified atom stereocenters. The van der Waals surface area contributed by atoms with Gasteiger partial charge in [-0.3, -0.25) is 0 Å². The molecule has 1 amide bonds. The molecule has 0 bridgehead atoms. The number of nitrogens with one attached hydrogen (secondary N) is 1. The molecular weight excluding hydrogens is 316 g/mol. The average molecular weight is 340 g/mol. The van der Waals surface area contributed by atoms with E-state index in [9.17, 15) is 13.2 Å². The minimum absolute atomic E-state index is 0.0371. The topological polar surface area (TPSA) is 75.7 Å². The summed E-state index contributed by atoms with van der Waals surface area (Å²) in [7, 11) is -3.20. The standard InChI is InChI=1S/C16H24N2O4S/c1-16(2,3)22-15(19)18-10-9-17-14(11-18)12-5-7-13(8-6-12)23(4,20)21/h5-8,14,17H,9-11H2,1-4H3. The molecule has 0 radical (unpaired) electrons. The second-order valence-corrected chi connectivity index (χ2v) is 8.79. The van der Waals surface area contributed by atoms with Crippen molar-refractivity contribution < 1.29 is 17.9 Å². The van der Waals surface area contributed by atoms with Gasteiger partial charge in [0.2, 0.25) is 0 Å². The molecule has 1 aromatic rings. The molecule has 1 heterocycles. The molecule has 23 heavy (non-hydrogen) atoms. The van der Waals surface area contributed by atoms with Crippen molar-refractivity contribution in [2.24, 2.45) is 0 Å². The maximum absolute atomic E-state index is 12.2. The molecule has 1 fully saturated rings. The van der Waals surface area contributed by atoms with E-state index < -0.39 is 15.4 Å². The number of hydrogen-bond acceptors (Lipinski definition) is 5. The number of nitrogens with zero attached hydrogens (tertiary/aromatic N) is 1. The molecule has 6 nitrogen and oxygen atoms in total. The maximum Gasteiger partial charge on any atom is 0.410 e. The first-order valence-corrected chi connectivity index (χ1v) is 9.47. The number of amides is 1. The molecule has 0 aromatic heterocycles. The summed E-state index contributed by atoms with van der Waals surface area (Å²) in [6, 6.07) is 6.72. The van der Waals surface area contributed by atoms with E-state index in [1.165, 1.54) is 6.26 Å². The van der Waals surface area contributed by atoms with Gasteiger partial charge in [0.15, 0.2) is 9.84 Å². The van der Waals surface area contributed by atoms with Gasteiger partial charge in [0.05, 0.1) is 10.9 Å². The van der Waals surface area contributed by atoms with Crippen molar-refractivity contribution in [2.75, 3.05) is 25.9 Å². The molecule has 2 rings (SSSR count). The van der Waals surface area contributed by atoms with Crippen LogP contribution in [0.3, 0.4) is 0 Å². The van der Waals surface area contributed by atoms with Gasteiger partial charge in [-0.1, -0.05) is 12.1 Å². The summed E-state index contributed by atoms with van der Waals surface area (Å²) in [6.07, 6.45) is 0.863. The zero-order valence-corrected chi connectivity index (χ0v) is 14.8. The number of ether oxygens (including phenoxy) is 1. The molecular formula is C16H24N2O4S. The monoisotopic (exact) mass is 340 g/mol. The lowest BCUT2D eigenvalue weighted by Gasteiger charge is -2.35. The van der Waals surface area contributed by atoms with Crippen molar-refractivity contribution in [1.82, 2.24) is 10.2 Å². The quantitative estimate of drug-likeness (QED) is 0.891. The first kappa shape index (κ1) is 17.7. The van der Waals surface area contributed by atoms with Crippen LogP contribution in [0.15, 0.2) is 29.2 Å². The predicted octanol–water partition coefficient (Wildman–Crippen LogP) is 1.97. The van der Waals surface area contributed by atoms with Gasteiger partial charge in [-0.15, -0.1) is 0 Å². The van der Waals surface area contributed by atoms with Gasteiger partial charge in [-0.05, 0) is 38.5 Å². The number of benzene rings is 1. The van der Waals surface area contributed by atoms with Crippen LogP contribution in [0.4, 0.5) is 4.79 Å². The predicted molar refractivity (Wildman–Crippen MR) is 88.1 cm³/mol. The minimum Gasteiger partial charge on any atom is -0.444 e. The van der Waals surface area contributed by atoms with E-state index in [1.807, 2.05) is 20.8 Å². The fraction of sp³-hybridized carbons (Fsp3) is 0.562. The Labute approximate surface area is 137 Å². The van der Waals surface area contributed by atoms with Crippen LogP contribution in [-0.2, 0) is 14.6 Å². The average Bonchev–Trinajstić information content (AvgIpc) is 2.45. The lowest BCUT2D eigenvalue weighted by molar-refractivity contribution is 0.0195. The molecule has 0 aliphatic carbocycles. The van der Waals surface area contributed by atoms with Gasteiger partial charge in [-0.25, -0.2) is 13.2 Å². The Balaban J connectivity index is 2.08. The molecule has 1 aliphatic heterocycles. The zero-order valence-electron chi connectivity index (χ0n) is 14.0. The van der Waals surface area contributed by atoms with Crippen LogP contribution in [0.25, 0.3) is 0 Å². The fourth-order valence-electron chi connectivity index (χ4n) is 2.41. The smallest absolute Gasteiger partial charge is 0.410 e. The van der Waals surface area contributed by atoms with Crippen molar-refractivity contribution in [2.45, 2.75) is 37.3 Å². The van der Waals surface area contributed by atoms with E-state index in [-0.39, 0.29) is 12.1 Å². The van der Waals surface area contributed by atoms with E-state index in [0.717, 1.165) is 5.56 Å². The Hall–Kier alpha value is -1.60. The molecule has 1 saturated heterocycles. The number of carbonyl (C=O) groups excluding carboxylic acids is 1. The highest BCUT2D eigenvalue weighted by Crippen LogP contribution is 2.21. The SMILES string of the molecule is CC(C)(C)OC(=O)N1CCNC(c2ccc(S(C)(=O)=O)cc2)C1. The fourth-order valence-corrected chi connectivity index (χ4v) is 3.04. The third-order valence-electron chi connectivity index (χ3n) is 3.54. The molecule has 0 saturated carbocycles. The van der Waals surface area contributed by atoms with Crippen LogP contribution < -0.4 is 5.32 Å². The van der Waals surface area contributed by atoms with Gasteiger partial charge < -0.3 is 15.0 Å². The Bertz CT molecular complexity index is 662. The van der Waals surface area contributed by atoms with Gasteiger partial charge in [0.25, 0.3) is 0 Å². The molecule has 128 valence electrons. The summed E-state index contributed by atoms with van der Waals surface area (Å²) >= 11 is 0. The van der Waals surface area contributed by atoms with Gasteiger partial charge in [0.1, 0.15) is 5.60 Å². The highest BCUT2D eigenvalue weighted by molar-refractivity contribution is 7.90. The maximum atomic E-state index is 12.2. The lowest BCUT2D eigenvalue weighted by Crippen LogP contribution is -2.49. The van der Waals surface area contributed by atoms with Crippen LogP contribution in [0.1, 0.15) is 32.4 Å². The normalized spacial score (nSPS) is 19.5. The van der Waals surface area contributed by atoms with Crippen molar-refractivity contribution in [3.05, 3.63) is 29.8 Å². The molecule has 7 heteroatoms. The van der Waals surface area contributed by atoms with E-state index in [1.54, 1.807) is 29.2 Å². The summed E-state index contributed by atoms with van der Waals surface area (Å²) in [5.41, 5.74) is 0.430. The summed E-state index contributed by atoms with van der Waals surface area (Å²) < 4.78 is 28.4. The van der Waals surface area contributed by atoms with Crippen molar-refractivity contribution in [1.29, 1.82) is 0 Å². The summed E-state index contributed by atoms with van der Waals surface area (Å²) in [5.74, 6) is 0. The molecule has 1 atom stereocenters. The largest absolute Gasteiger partial charge is 0.444 e. The van der Waals surface area contributed by atoms with E-state index in [0.29, 0.717) is 24.5 Å². The van der Waals surface area contributed by atoms with Gasteiger partial charge in [0, 0.05) is 25.9 Å². The molecule has 0 spiro atoms. The Morgan fingerprint density at radius 2 is 1.87 bits per heavy atom. The van der Waals surface area contributed by atoms with E-state index in [4.69, 9.17) is 4.74 Å². The summed E-state index contributed by atoms with van der Waals surface area (Å²) in [4.78, 5) is 14.1. The second-order valence-electron chi connectivity index (χ2n) is 6.77. The Kier molecular flexibility index (Phi) is 5.01. The zero-order chi connectivity index (χ0) is 17.3. The highest BCUT2D eigenvalue weighted by Gasteiger charge is 2.28. The molecule has 1 aromatic carbocycles. The van der Waals surface area contributed by atoms with Crippen LogP contribution in [-0.4, -0.2) is 50.9 Å². The first-order valence-electron chi connectivity index (χ1n) is 7.57. The Morgan fingerprint density at radius 1 is 1.26 bits per heavy atom. The summed E-state index contributed by atoms with van der Waals surface area (Å²) in [5, 5.41) is 3.34. The first-order chi connectivity index (χ1) is 10.6. The van der Waals surface area contributed by atoms with Crippen LogP contribution in [0.2, 0.25) is 0 Å². The van der Waals surface area contributed by atoms with Crippen molar-refractivity contribution >= 4 is 15.9 Å². The lowest BCUT2D eigenvalue weighted by atomic mass is 10.0. The number of carbonyl (C=O) groups is 1. The molecule has 1 N–H and O–H groups in total. The number of rotatable bonds is 2. The van der Waals surface area contributed by atoms with Gasteiger partial charge >= 0.3 is 6.09 Å². The van der Waals surface area contributed by atoms with Crippen LogP contribution in [0.5, 0.6) is 0 Å². The van der Waals surface area contributed by atoms with Gasteiger partial charge in [-0.2, -0.15) is 0 Å². The number of sulfone groups is 1. The van der Waals surface area contributed by atoms with Crippen molar-refractivity contribution in [3.63, 3.8) is 0 Å². The highest BCUT2D eigenvalue weighted by atomic mass is 32.2. The van der Waals surface area contributed by atoms with Crippen molar-refractivity contribution in [3.8, 4) is 0 Å².